The number of carbonyl (C=O) groups excluding carboxylic acids is 1. The Hall–Kier alpha value is -1.02. The molecule has 0 aromatic rings. The molecule has 4 heteroatoms. The van der Waals surface area contributed by atoms with E-state index in [-0.39, 0.29) is 11.8 Å². The van der Waals surface area contributed by atoms with Crippen LogP contribution >= 0.6 is 0 Å². The van der Waals surface area contributed by atoms with Crippen LogP contribution in [0.4, 0.5) is 0 Å². The van der Waals surface area contributed by atoms with Crippen LogP contribution in [0.25, 0.3) is 10.4 Å². The Morgan fingerprint density at radius 1 is 1.89 bits per heavy atom. The molecule has 0 bridgehead atoms. The third kappa shape index (κ3) is 4.84. The number of Topliss-reactive ketones (excluding diaryl/α,β-unsaturated/α-hetero) is 1. The van der Waals surface area contributed by atoms with E-state index in [2.05, 4.69) is 10.0 Å². The molecule has 0 unspecified atom stereocenters. The molecule has 0 radical (unpaired) electrons. The SMILES string of the molecule is CC(=O)C[C@H](C)N=[N+]=[N-]. The first-order chi connectivity index (χ1) is 4.16. The van der Waals surface area contributed by atoms with Gasteiger partial charge in [-0.25, -0.2) is 0 Å². The number of hydrogen-bond acceptors (Lipinski definition) is 2. The van der Waals surface area contributed by atoms with Crippen LogP contribution in [0.1, 0.15) is 20.3 Å². The Labute approximate surface area is 53.5 Å². The number of azide groups is 1. The van der Waals surface area contributed by atoms with Crippen molar-refractivity contribution in [2.45, 2.75) is 26.3 Å². The van der Waals surface area contributed by atoms with Gasteiger partial charge in [-0.3, -0.25) is 0 Å². The Morgan fingerprint density at radius 3 is 2.78 bits per heavy atom. The lowest BCUT2D eigenvalue weighted by molar-refractivity contribution is -0.117. The highest BCUT2D eigenvalue weighted by Gasteiger charge is 2.00. The molecule has 9 heavy (non-hydrogen) atoms. The second-order valence-electron chi connectivity index (χ2n) is 1.96. The summed E-state index contributed by atoms with van der Waals surface area (Å²) in [6, 6.07) is -0.201. The third-order valence-electron chi connectivity index (χ3n) is 0.832. The first-order valence-corrected chi connectivity index (χ1v) is 2.70. The maximum absolute atomic E-state index is 10.3. The summed E-state index contributed by atoms with van der Waals surface area (Å²) < 4.78 is 0. The highest BCUT2D eigenvalue weighted by molar-refractivity contribution is 5.76. The lowest BCUT2D eigenvalue weighted by Crippen LogP contribution is -2.02. The summed E-state index contributed by atoms with van der Waals surface area (Å²) in [6.45, 7) is 3.19. The predicted molar refractivity (Wildman–Crippen MR) is 33.9 cm³/mol. The van der Waals surface area contributed by atoms with Crippen molar-refractivity contribution in [3.05, 3.63) is 10.4 Å². The fraction of sp³-hybridized carbons (Fsp3) is 0.800. The van der Waals surface area contributed by atoms with Crippen molar-refractivity contribution in [1.29, 1.82) is 0 Å². The Morgan fingerprint density at radius 2 is 2.44 bits per heavy atom. The molecule has 50 valence electrons. The van der Waals surface area contributed by atoms with Crippen molar-refractivity contribution in [3.63, 3.8) is 0 Å². The van der Waals surface area contributed by atoms with Crippen LogP contribution < -0.4 is 0 Å². The van der Waals surface area contributed by atoms with Gasteiger partial charge in [0.25, 0.3) is 0 Å². The van der Waals surface area contributed by atoms with Gasteiger partial charge >= 0.3 is 0 Å². The van der Waals surface area contributed by atoms with Gasteiger partial charge in [-0.05, 0) is 12.5 Å². The molecule has 0 N–H and O–H groups in total. The van der Waals surface area contributed by atoms with E-state index in [4.69, 9.17) is 5.53 Å². The van der Waals surface area contributed by atoms with Crippen LogP contribution in [0.5, 0.6) is 0 Å². The van der Waals surface area contributed by atoms with Crippen LogP contribution in [0, 0.1) is 0 Å². The minimum atomic E-state index is -0.201. The molecule has 0 aromatic carbocycles. The van der Waals surface area contributed by atoms with Crippen molar-refractivity contribution in [2.24, 2.45) is 5.11 Å². The molecular formula is C5H9N3O. The van der Waals surface area contributed by atoms with Crippen molar-refractivity contribution in [3.8, 4) is 0 Å². The van der Waals surface area contributed by atoms with E-state index in [1.165, 1.54) is 6.92 Å². The average Bonchev–Trinajstić information content (AvgIpc) is 1.63. The standard InChI is InChI=1S/C5H9N3O/c1-4(7-8-6)3-5(2)9/h4H,3H2,1-2H3/t4-/m0/s1. The van der Waals surface area contributed by atoms with Crippen LogP contribution in [-0.4, -0.2) is 11.8 Å². The molecule has 0 aromatic heterocycles. The molecule has 0 aliphatic carbocycles. The summed E-state index contributed by atoms with van der Waals surface area (Å²) in [6.07, 6.45) is 0.337. The summed E-state index contributed by atoms with van der Waals surface area (Å²) in [5.41, 5.74) is 7.90. The van der Waals surface area contributed by atoms with Crippen molar-refractivity contribution >= 4 is 5.78 Å². The molecule has 0 amide bonds. The van der Waals surface area contributed by atoms with E-state index in [0.29, 0.717) is 6.42 Å². The second kappa shape index (κ2) is 3.92. The van der Waals surface area contributed by atoms with Crippen molar-refractivity contribution in [1.82, 2.24) is 0 Å². The van der Waals surface area contributed by atoms with Gasteiger partial charge in [0.1, 0.15) is 5.78 Å². The van der Waals surface area contributed by atoms with Gasteiger partial charge < -0.3 is 4.79 Å². The van der Waals surface area contributed by atoms with Gasteiger partial charge in [0, 0.05) is 17.4 Å². The monoisotopic (exact) mass is 127 g/mol. The minimum Gasteiger partial charge on any atom is -0.300 e. The predicted octanol–water partition coefficient (Wildman–Crippen LogP) is 1.66. The van der Waals surface area contributed by atoms with Gasteiger partial charge in [0.05, 0.1) is 0 Å². The number of ketones is 1. The molecule has 0 heterocycles. The third-order valence-corrected chi connectivity index (χ3v) is 0.832. The summed E-state index contributed by atoms with van der Waals surface area (Å²) in [4.78, 5) is 12.9. The molecule has 4 nitrogen and oxygen atoms in total. The van der Waals surface area contributed by atoms with Crippen LogP contribution in [-0.2, 0) is 4.79 Å². The zero-order chi connectivity index (χ0) is 7.28. The normalized spacial score (nSPS) is 11.8. The molecule has 0 spiro atoms. The van der Waals surface area contributed by atoms with Gasteiger partial charge in [-0.1, -0.05) is 12.0 Å². The zero-order valence-corrected chi connectivity index (χ0v) is 5.53. The van der Waals surface area contributed by atoms with Crippen LogP contribution in [0.15, 0.2) is 5.11 Å². The maximum atomic E-state index is 10.3. The molecule has 1 atom stereocenters. The Bertz CT molecular complexity index is 148. The summed E-state index contributed by atoms with van der Waals surface area (Å²) in [5, 5.41) is 3.32. The van der Waals surface area contributed by atoms with Crippen LogP contribution in [0.3, 0.4) is 0 Å². The topological polar surface area (TPSA) is 65.8 Å². The molecule has 0 fully saturated rings. The minimum absolute atomic E-state index is 0.0508. The maximum Gasteiger partial charge on any atom is 0.130 e. The summed E-state index contributed by atoms with van der Waals surface area (Å²) in [7, 11) is 0. The number of carbonyl (C=O) groups is 1. The number of nitrogens with zero attached hydrogens (tertiary/aromatic N) is 3. The zero-order valence-electron chi connectivity index (χ0n) is 5.53. The molecule has 0 rings (SSSR count). The highest BCUT2D eigenvalue weighted by Crippen LogP contribution is 1.96. The van der Waals surface area contributed by atoms with E-state index in [1.807, 2.05) is 0 Å². The van der Waals surface area contributed by atoms with E-state index in [1.54, 1.807) is 6.92 Å². The fourth-order valence-electron chi connectivity index (χ4n) is 0.545. The van der Waals surface area contributed by atoms with Crippen molar-refractivity contribution in [2.75, 3.05) is 0 Å². The number of rotatable bonds is 3. The lowest BCUT2D eigenvalue weighted by Gasteiger charge is -1.96. The van der Waals surface area contributed by atoms with E-state index < -0.39 is 0 Å². The second-order valence-corrected chi connectivity index (χ2v) is 1.96. The molecule has 0 aliphatic heterocycles. The molecular weight excluding hydrogens is 118 g/mol. The number of hydrogen-bond donors (Lipinski definition) is 0. The molecule has 0 saturated heterocycles. The Balaban J connectivity index is 3.62. The van der Waals surface area contributed by atoms with E-state index in [0.717, 1.165) is 0 Å². The van der Waals surface area contributed by atoms with Gasteiger partial charge in [-0.2, -0.15) is 0 Å². The molecule has 0 aliphatic rings. The highest BCUT2D eigenvalue weighted by atomic mass is 16.1. The fourth-order valence-corrected chi connectivity index (χ4v) is 0.545. The van der Waals surface area contributed by atoms with Crippen LogP contribution in [0.2, 0.25) is 0 Å². The van der Waals surface area contributed by atoms with E-state index in [9.17, 15) is 4.79 Å². The van der Waals surface area contributed by atoms with E-state index >= 15 is 0 Å². The van der Waals surface area contributed by atoms with Gasteiger partial charge in [-0.15, -0.1) is 0 Å². The first-order valence-electron chi connectivity index (χ1n) is 2.70. The van der Waals surface area contributed by atoms with Crippen molar-refractivity contribution < 1.29 is 4.79 Å². The largest absolute Gasteiger partial charge is 0.300 e. The molecule has 0 saturated carbocycles. The van der Waals surface area contributed by atoms with Gasteiger partial charge in [0.2, 0.25) is 0 Å². The smallest absolute Gasteiger partial charge is 0.130 e. The Kier molecular flexibility index (Phi) is 3.48. The quantitative estimate of drug-likeness (QED) is 0.323. The summed E-state index contributed by atoms with van der Waals surface area (Å²) >= 11 is 0. The van der Waals surface area contributed by atoms with Gasteiger partial charge in [0.15, 0.2) is 0 Å². The first kappa shape index (κ1) is 7.98. The average molecular weight is 127 g/mol. The summed E-state index contributed by atoms with van der Waals surface area (Å²) in [5.74, 6) is 0.0508. The lowest BCUT2D eigenvalue weighted by atomic mass is 10.2.